The van der Waals surface area contributed by atoms with Crippen LogP contribution in [0.3, 0.4) is 0 Å². The molecule has 0 heterocycles. The first-order valence-corrected chi connectivity index (χ1v) is 5.15. The van der Waals surface area contributed by atoms with Gasteiger partial charge < -0.3 is 10.4 Å². The van der Waals surface area contributed by atoms with Gasteiger partial charge in [0.05, 0.1) is 0 Å². The van der Waals surface area contributed by atoms with E-state index in [1.165, 1.54) is 32.1 Å². The van der Waals surface area contributed by atoms with E-state index in [0.717, 1.165) is 0 Å². The molecule has 0 atom stereocenters. The maximum atomic E-state index is 9.49. The molecule has 0 fully saturated rings. The largest absolute Gasteiger partial charge is 0.465 e. The second-order valence-electron chi connectivity index (χ2n) is 2.90. The topological polar surface area (TPSA) is 49.3 Å². The molecule has 0 radical (unpaired) electrons. The van der Waals surface area contributed by atoms with Gasteiger partial charge in [-0.2, -0.15) is 0 Å². The predicted octanol–water partition coefficient (Wildman–Crippen LogP) is 3.25. The molecule has 0 aromatic heterocycles. The summed E-state index contributed by atoms with van der Waals surface area (Å²) in [5, 5.41) is 9.93. The minimum atomic E-state index is -0.961. The van der Waals surface area contributed by atoms with Crippen LogP contribution in [-0.2, 0) is 0 Å². The lowest BCUT2D eigenvalue weighted by atomic mass is 10.2. The van der Waals surface area contributed by atoms with E-state index in [1.807, 2.05) is 0 Å². The molecule has 0 aliphatic rings. The Morgan fingerprint density at radius 3 is 1.69 bits per heavy atom. The Kier molecular flexibility index (Phi) is 15.7. The molecule has 2 N–H and O–H groups in total. The Labute approximate surface area is 81.5 Å². The molecule has 0 spiro atoms. The Morgan fingerprint density at radius 1 is 1.08 bits per heavy atom. The van der Waals surface area contributed by atoms with Crippen molar-refractivity contribution in [2.75, 3.05) is 6.54 Å². The quantitative estimate of drug-likeness (QED) is 0.652. The minimum Gasteiger partial charge on any atom is -0.465 e. The maximum Gasteiger partial charge on any atom is 0.404 e. The van der Waals surface area contributed by atoms with Crippen molar-refractivity contribution in [2.24, 2.45) is 0 Å². The van der Waals surface area contributed by atoms with E-state index >= 15 is 0 Å². The Balaban J connectivity index is 0. The average molecular weight is 189 g/mol. The van der Waals surface area contributed by atoms with Crippen LogP contribution in [0.4, 0.5) is 4.79 Å². The molecule has 0 saturated heterocycles. The SMILES string of the molecule is CCCCCCC.CCNC(=O)O. The number of hydrogen-bond acceptors (Lipinski definition) is 1. The molecular formula is C10H23NO2. The Bertz CT molecular complexity index is 101. The zero-order valence-corrected chi connectivity index (χ0v) is 9.10. The van der Waals surface area contributed by atoms with Crippen LogP contribution in [0.1, 0.15) is 52.9 Å². The van der Waals surface area contributed by atoms with Gasteiger partial charge in [-0.05, 0) is 6.92 Å². The number of nitrogens with one attached hydrogen (secondary N) is 1. The maximum absolute atomic E-state index is 9.49. The van der Waals surface area contributed by atoms with Crippen molar-refractivity contribution >= 4 is 6.09 Å². The van der Waals surface area contributed by atoms with Gasteiger partial charge in [0.15, 0.2) is 0 Å². The fraction of sp³-hybridized carbons (Fsp3) is 0.900. The highest BCUT2D eigenvalue weighted by molar-refractivity contribution is 5.64. The summed E-state index contributed by atoms with van der Waals surface area (Å²) in [6.07, 6.45) is 6.05. The highest BCUT2D eigenvalue weighted by Crippen LogP contribution is 2.00. The predicted molar refractivity (Wildman–Crippen MR) is 56.1 cm³/mol. The smallest absolute Gasteiger partial charge is 0.404 e. The summed E-state index contributed by atoms with van der Waals surface area (Å²) in [6, 6.07) is 0. The fourth-order valence-electron chi connectivity index (χ4n) is 0.828. The number of unbranched alkanes of at least 4 members (excludes halogenated alkanes) is 4. The van der Waals surface area contributed by atoms with Gasteiger partial charge in [-0.1, -0.05) is 46.0 Å². The number of carbonyl (C=O) groups is 1. The molecule has 0 aromatic rings. The minimum absolute atomic E-state index is 0.481. The van der Waals surface area contributed by atoms with Crippen molar-refractivity contribution in [3.05, 3.63) is 0 Å². The van der Waals surface area contributed by atoms with Crippen molar-refractivity contribution < 1.29 is 9.90 Å². The van der Waals surface area contributed by atoms with E-state index in [2.05, 4.69) is 19.2 Å². The summed E-state index contributed by atoms with van der Waals surface area (Å²) in [6.45, 7) is 6.70. The zero-order chi connectivity index (χ0) is 10.5. The monoisotopic (exact) mass is 189 g/mol. The van der Waals surface area contributed by atoms with Gasteiger partial charge >= 0.3 is 6.09 Å². The highest BCUT2D eigenvalue weighted by atomic mass is 16.4. The van der Waals surface area contributed by atoms with Gasteiger partial charge in [-0.25, -0.2) is 4.79 Å². The molecule has 0 aliphatic carbocycles. The Morgan fingerprint density at radius 2 is 1.54 bits per heavy atom. The van der Waals surface area contributed by atoms with E-state index in [1.54, 1.807) is 6.92 Å². The number of amides is 1. The first kappa shape index (κ1) is 14.8. The van der Waals surface area contributed by atoms with Gasteiger partial charge in [0.25, 0.3) is 0 Å². The third-order valence-electron chi connectivity index (χ3n) is 1.54. The molecule has 1 amide bonds. The van der Waals surface area contributed by atoms with E-state index in [4.69, 9.17) is 5.11 Å². The van der Waals surface area contributed by atoms with Crippen molar-refractivity contribution in [1.82, 2.24) is 5.32 Å². The van der Waals surface area contributed by atoms with Crippen LogP contribution in [0, 0.1) is 0 Å². The highest BCUT2D eigenvalue weighted by Gasteiger charge is 1.83. The van der Waals surface area contributed by atoms with Crippen LogP contribution in [0.15, 0.2) is 0 Å². The third-order valence-corrected chi connectivity index (χ3v) is 1.54. The Hall–Kier alpha value is -0.730. The average Bonchev–Trinajstić information content (AvgIpc) is 2.06. The molecule has 0 aromatic carbocycles. The first-order chi connectivity index (χ1) is 6.18. The molecular weight excluding hydrogens is 166 g/mol. The molecule has 3 nitrogen and oxygen atoms in total. The van der Waals surface area contributed by atoms with Crippen LogP contribution in [0.25, 0.3) is 0 Å². The van der Waals surface area contributed by atoms with Crippen molar-refractivity contribution in [3.8, 4) is 0 Å². The van der Waals surface area contributed by atoms with Crippen molar-refractivity contribution in [1.29, 1.82) is 0 Å². The van der Waals surface area contributed by atoms with Crippen LogP contribution in [-0.4, -0.2) is 17.7 Å². The molecule has 13 heavy (non-hydrogen) atoms. The lowest BCUT2D eigenvalue weighted by Crippen LogP contribution is -2.19. The number of rotatable bonds is 5. The summed E-state index contributed by atoms with van der Waals surface area (Å²) in [7, 11) is 0. The fourth-order valence-corrected chi connectivity index (χ4v) is 0.828. The molecule has 0 rings (SSSR count). The van der Waals surface area contributed by atoms with Gasteiger partial charge in [0, 0.05) is 6.54 Å². The molecule has 0 aliphatic heterocycles. The number of hydrogen-bond donors (Lipinski definition) is 2. The normalized spacial score (nSPS) is 8.54. The summed E-state index contributed by atoms with van der Waals surface area (Å²) in [5.41, 5.74) is 0. The lowest BCUT2D eigenvalue weighted by molar-refractivity contribution is 0.195. The summed E-state index contributed by atoms with van der Waals surface area (Å²) >= 11 is 0. The molecule has 0 saturated carbocycles. The zero-order valence-electron chi connectivity index (χ0n) is 9.10. The summed E-state index contributed by atoms with van der Waals surface area (Å²) in [4.78, 5) is 9.49. The second kappa shape index (κ2) is 13.8. The van der Waals surface area contributed by atoms with Crippen LogP contribution < -0.4 is 5.32 Å². The van der Waals surface area contributed by atoms with E-state index < -0.39 is 6.09 Å². The standard InChI is InChI=1S/C7H16.C3H7NO2/c1-3-5-7-6-4-2;1-2-4-3(5)6/h3-7H2,1-2H3;4H,2H2,1H3,(H,5,6). The van der Waals surface area contributed by atoms with Gasteiger partial charge in [0.1, 0.15) is 0 Å². The summed E-state index contributed by atoms with van der Waals surface area (Å²) in [5.74, 6) is 0. The first-order valence-electron chi connectivity index (χ1n) is 5.15. The third kappa shape index (κ3) is 24.6. The van der Waals surface area contributed by atoms with E-state index in [9.17, 15) is 4.79 Å². The van der Waals surface area contributed by atoms with Gasteiger partial charge in [0.2, 0.25) is 0 Å². The van der Waals surface area contributed by atoms with Crippen molar-refractivity contribution in [2.45, 2.75) is 52.9 Å². The van der Waals surface area contributed by atoms with E-state index in [0.29, 0.717) is 6.54 Å². The van der Waals surface area contributed by atoms with Crippen molar-refractivity contribution in [3.63, 3.8) is 0 Å². The molecule has 80 valence electrons. The second-order valence-corrected chi connectivity index (χ2v) is 2.90. The molecule has 0 bridgehead atoms. The van der Waals surface area contributed by atoms with Crippen LogP contribution in [0.5, 0.6) is 0 Å². The summed E-state index contributed by atoms with van der Waals surface area (Å²) < 4.78 is 0. The lowest BCUT2D eigenvalue weighted by Gasteiger charge is -1.90. The molecule has 0 unspecified atom stereocenters. The van der Waals surface area contributed by atoms with Crippen LogP contribution >= 0.6 is 0 Å². The molecule has 3 heteroatoms. The van der Waals surface area contributed by atoms with Crippen LogP contribution in [0.2, 0.25) is 0 Å². The van der Waals surface area contributed by atoms with Gasteiger partial charge in [-0.3, -0.25) is 0 Å². The van der Waals surface area contributed by atoms with Gasteiger partial charge in [-0.15, -0.1) is 0 Å². The van der Waals surface area contributed by atoms with E-state index in [-0.39, 0.29) is 0 Å². The number of carboxylic acid groups (broad SMARTS) is 1.